The third-order valence-corrected chi connectivity index (χ3v) is 6.03. The van der Waals surface area contributed by atoms with Crippen LogP contribution in [0.15, 0.2) is 0 Å². The molecule has 2 fully saturated rings. The molecule has 4 heteroatoms. The van der Waals surface area contributed by atoms with E-state index in [-0.39, 0.29) is 40.8 Å². The molecule has 2 heterocycles. The van der Waals surface area contributed by atoms with Gasteiger partial charge in [-0.2, -0.15) is 0 Å². The molecule has 2 rings (SSSR count). The Kier molecular flexibility index (Phi) is 6.03. The van der Waals surface area contributed by atoms with E-state index in [2.05, 4.69) is 46.9 Å². The number of piperidine rings is 1. The molecule has 0 aromatic rings. The number of hydrogen-bond donors (Lipinski definition) is 1. The van der Waals surface area contributed by atoms with Crippen molar-refractivity contribution in [2.75, 3.05) is 0 Å². The second kappa shape index (κ2) is 7.38. The highest BCUT2D eigenvalue weighted by atomic mass is 16.2. The standard InChI is InChI=1S/C21H38N2O2/c1-8-9-10-14(2)11-17-15(3)18(24)23(19(17)25)16-12-20(4,5)22-21(6,7)13-16/h14-17,22H,8-13H2,1-7H3. The van der Waals surface area contributed by atoms with Crippen LogP contribution in [-0.2, 0) is 9.59 Å². The summed E-state index contributed by atoms with van der Waals surface area (Å²) in [5.74, 6) is 0.346. The molecule has 0 spiro atoms. The summed E-state index contributed by atoms with van der Waals surface area (Å²) < 4.78 is 0. The molecule has 0 saturated carbocycles. The molecule has 2 saturated heterocycles. The van der Waals surface area contributed by atoms with Crippen molar-refractivity contribution < 1.29 is 9.59 Å². The number of nitrogens with zero attached hydrogens (tertiary/aromatic N) is 1. The fraction of sp³-hybridized carbons (Fsp3) is 0.905. The Hall–Kier alpha value is -0.900. The van der Waals surface area contributed by atoms with Crippen molar-refractivity contribution in [1.29, 1.82) is 0 Å². The molecule has 0 radical (unpaired) electrons. The lowest BCUT2D eigenvalue weighted by Gasteiger charge is -2.48. The summed E-state index contributed by atoms with van der Waals surface area (Å²) in [5, 5.41) is 3.64. The lowest BCUT2D eigenvalue weighted by molar-refractivity contribution is -0.144. The molecular weight excluding hydrogens is 312 g/mol. The highest BCUT2D eigenvalue weighted by Gasteiger charge is 2.51. The van der Waals surface area contributed by atoms with E-state index in [0.717, 1.165) is 25.7 Å². The van der Waals surface area contributed by atoms with Crippen LogP contribution in [0.4, 0.5) is 0 Å². The number of rotatable bonds is 6. The highest BCUT2D eigenvalue weighted by molar-refractivity contribution is 6.05. The Labute approximate surface area is 154 Å². The highest BCUT2D eigenvalue weighted by Crippen LogP contribution is 2.39. The first kappa shape index (κ1) is 20.4. The van der Waals surface area contributed by atoms with E-state index in [1.807, 2.05) is 6.92 Å². The fourth-order valence-electron chi connectivity index (χ4n) is 5.11. The molecule has 3 atom stereocenters. The molecule has 25 heavy (non-hydrogen) atoms. The monoisotopic (exact) mass is 350 g/mol. The molecule has 0 aromatic heterocycles. The number of hydrogen-bond acceptors (Lipinski definition) is 3. The van der Waals surface area contributed by atoms with Gasteiger partial charge < -0.3 is 5.32 Å². The van der Waals surface area contributed by atoms with Crippen molar-refractivity contribution in [1.82, 2.24) is 10.2 Å². The first-order valence-electron chi connectivity index (χ1n) is 10.1. The Bertz CT molecular complexity index is 496. The van der Waals surface area contributed by atoms with Gasteiger partial charge in [-0.1, -0.05) is 40.0 Å². The van der Waals surface area contributed by atoms with Crippen LogP contribution in [0.3, 0.4) is 0 Å². The number of amides is 2. The third-order valence-electron chi connectivity index (χ3n) is 6.03. The maximum atomic E-state index is 13.1. The Morgan fingerprint density at radius 1 is 1.12 bits per heavy atom. The van der Waals surface area contributed by atoms with Crippen LogP contribution in [0.1, 0.15) is 87.0 Å². The van der Waals surface area contributed by atoms with Crippen molar-refractivity contribution in [3.05, 3.63) is 0 Å². The van der Waals surface area contributed by atoms with E-state index in [9.17, 15) is 9.59 Å². The van der Waals surface area contributed by atoms with Gasteiger partial charge in [0.25, 0.3) is 0 Å². The zero-order valence-electron chi connectivity index (χ0n) is 17.3. The molecule has 0 aliphatic carbocycles. The molecule has 1 N–H and O–H groups in total. The van der Waals surface area contributed by atoms with Gasteiger partial charge in [0, 0.05) is 23.0 Å². The number of likely N-dealkylation sites (tertiary alicyclic amines) is 1. The zero-order chi connectivity index (χ0) is 19.0. The second-order valence-electron chi connectivity index (χ2n) is 9.88. The zero-order valence-corrected chi connectivity index (χ0v) is 17.3. The van der Waals surface area contributed by atoms with Crippen molar-refractivity contribution in [2.45, 2.75) is 104 Å². The smallest absolute Gasteiger partial charge is 0.233 e. The Balaban J connectivity index is 2.14. The van der Waals surface area contributed by atoms with Crippen LogP contribution in [0.2, 0.25) is 0 Å². The van der Waals surface area contributed by atoms with Crippen molar-refractivity contribution in [3.8, 4) is 0 Å². The number of imide groups is 1. The average molecular weight is 351 g/mol. The number of carbonyl (C=O) groups excluding carboxylic acids is 2. The molecule has 144 valence electrons. The maximum absolute atomic E-state index is 13.1. The van der Waals surface area contributed by atoms with Crippen molar-refractivity contribution in [3.63, 3.8) is 0 Å². The van der Waals surface area contributed by atoms with Gasteiger partial charge in [0.15, 0.2) is 0 Å². The minimum absolute atomic E-state index is 0.0182. The van der Waals surface area contributed by atoms with Gasteiger partial charge in [-0.3, -0.25) is 14.5 Å². The summed E-state index contributed by atoms with van der Waals surface area (Å²) in [6.45, 7) is 15.0. The lowest BCUT2D eigenvalue weighted by Crippen LogP contribution is -2.63. The fourth-order valence-corrected chi connectivity index (χ4v) is 5.11. The Morgan fingerprint density at radius 3 is 2.20 bits per heavy atom. The van der Waals surface area contributed by atoms with Gasteiger partial charge in [-0.25, -0.2) is 0 Å². The number of unbranched alkanes of at least 4 members (excludes halogenated alkanes) is 1. The van der Waals surface area contributed by atoms with Crippen LogP contribution in [0, 0.1) is 17.8 Å². The van der Waals surface area contributed by atoms with E-state index >= 15 is 0 Å². The maximum Gasteiger partial charge on any atom is 0.233 e. The minimum Gasteiger partial charge on any atom is -0.307 e. The molecule has 4 nitrogen and oxygen atoms in total. The van der Waals surface area contributed by atoms with Gasteiger partial charge in [-0.05, 0) is 52.9 Å². The predicted molar refractivity (Wildman–Crippen MR) is 102 cm³/mol. The van der Waals surface area contributed by atoms with Gasteiger partial charge in [0.05, 0.1) is 5.92 Å². The van der Waals surface area contributed by atoms with E-state index in [1.54, 1.807) is 4.90 Å². The molecule has 0 bridgehead atoms. The van der Waals surface area contributed by atoms with Gasteiger partial charge in [0.1, 0.15) is 0 Å². The van der Waals surface area contributed by atoms with Crippen LogP contribution < -0.4 is 5.32 Å². The van der Waals surface area contributed by atoms with Crippen LogP contribution in [0.25, 0.3) is 0 Å². The van der Waals surface area contributed by atoms with Crippen LogP contribution in [0.5, 0.6) is 0 Å². The molecule has 2 aliphatic rings. The SMILES string of the molecule is CCCCC(C)CC1C(=O)N(C2CC(C)(C)NC(C)(C)C2)C(=O)C1C. The van der Waals surface area contributed by atoms with Gasteiger partial charge >= 0.3 is 0 Å². The second-order valence-corrected chi connectivity index (χ2v) is 9.88. The van der Waals surface area contributed by atoms with E-state index in [1.165, 1.54) is 12.8 Å². The van der Waals surface area contributed by atoms with E-state index in [4.69, 9.17) is 0 Å². The Morgan fingerprint density at radius 2 is 1.68 bits per heavy atom. The quantitative estimate of drug-likeness (QED) is 0.733. The predicted octanol–water partition coefficient (Wildman–Crippen LogP) is 4.13. The largest absolute Gasteiger partial charge is 0.307 e. The summed E-state index contributed by atoms with van der Waals surface area (Å²) >= 11 is 0. The van der Waals surface area contributed by atoms with Crippen molar-refractivity contribution >= 4 is 11.8 Å². The van der Waals surface area contributed by atoms with Crippen molar-refractivity contribution in [2.24, 2.45) is 17.8 Å². The summed E-state index contributed by atoms with van der Waals surface area (Å²) in [5.41, 5.74) is -0.133. The molecular formula is C21H38N2O2. The first-order chi connectivity index (χ1) is 11.5. The summed E-state index contributed by atoms with van der Waals surface area (Å²) in [6.07, 6.45) is 6.04. The molecule has 0 aromatic carbocycles. The van der Waals surface area contributed by atoms with Gasteiger partial charge in [-0.15, -0.1) is 0 Å². The van der Waals surface area contributed by atoms with Gasteiger partial charge in [0.2, 0.25) is 11.8 Å². The van der Waals surface area contributed by atoms with E-state index < -0.39 is 0 Å². The minimum atomic E-state index is -0.169. The summed E-state index contributed by atoms with van der Waals surface area (Å²) in [7, 11) is 0. The molecule has 2 amide bonds. The summed E-state index contributed by atoms with van der Waals surface area (Å²) in [6, 6.07) is 0.0182. The molecule has 3 unspecified atom stereocenters. The lowest BCUT2D eigenvalue weighted by atomic mass is 9.79. The van der Waals surface area contributed by atoms with Crippen LogP contribution >= 0.6 is 0 Å². The topological polar surface area (TPSA) is 49.4 Å². The number of carbonyl (C=O) groups is 2. The average Bonchev–Trinajstić information content (AvgIpc) is 2.65. The first-order valence-corrected chi connectivity index (χ1v) is 10.1. The normalized spacial score (nSPS) is 30.8. The van der Waals surface area contributed by atoms with Crippen LogP contribution in [-0.4, -0.2) is 33.8 Å². The number of nitrogens with one attached hydrogen (secondary N) is 1. The molecule has 2 aliphatic heterocycles. The summed E-state index contributed by atoms with van der Waals surface area (Å²) in [4.78, 5) is 27.7. The third kappa shape index (κ3) is 4.64. The van der Waals surface area contributed by atoms with E-state index in [0.29, 0.717) is 5.92 Å².